The lowest BCUT2D eigenvalue weighted by Crippen LogP contribution is -1.76. The van der Waals surface area contributed by atoms with Gasteiger partial charge >= 0.3 is 0 Å². The topological polar surface area (TPSA) is 25.2 Å². The molecular formula is C23H17BrN2S. The lowest BCUT2D eigenvalue weighted by atomic mass is 10.2. The highest BCUT2D eigenvalue weighted by Gasteiger charge is 2.06. The number of aromatic nitrogens is 1. The van der Waals surface area contributed by atoms with Crippen molar-refractivity contribution >= 4 is 55.5 Å². The molecule has 0 aliphatic rings. The van der Waals surface area contributed by atoms with E-state index in [0.29, 0.717) is 0 Å². The van der Waals surface area contributed by atoms with Gasteiger partial charge in [-0.2, -0.15) is 0 Å². The van der Waals surface area contributed by atoms with Crippen LogP contribution in [0.5, 0.6) is 0 Å². The zero-order valence-corrected chi connectivity index (χ0v) is 17.2. The molecule has 4 aromatic rings. The highest BCUT2D eigenvalue weighted by Crippen LogP contribution is 2.31. The summed E-state index contributed by atoms with van der Waals surface area (Å²) in [5.41, 5.74) is 5.51. The molecule has 0 fully saturated rings. The van der Waals surface area contributed by atoms with E-state index in [1.54, 1.807) is 11.3 Å². The van der Waals surface area contributed by atoms with Gasteiger partial charge in [-0.25, -0.2) is 4.98 Å². The van der Waals surface area contributed by atoms with Crippen LogP contribution in [0.1, 0.15) is 11.1 Å². The van der Waals surface area contributed by atoms with Crippen molar-refractivity contribution in [2.75, 3.05) is 0 Å². The van der Waals surface area contributed by atoms with Gasteiger partial charge in [0.1, 0.15) is 5.01 Å². The van der Waals surface area contributed by atoms with Crippen molar-refractivity contribution in [2.45, 2.75) is 6.92 Å². The molecule has 1 aromatic heterocycles. The second kappa shape index (κ2) is 7.99. The molecule has 0 amide bonds. The van der Waals surface area contributed by atoms with Crippen LogP contribution in [-0.2, 0) is 0 Å². The van der Waals surface area contributed by atoms with Crippen molar-refractivity contribution in [3.63, 3.8) is 0 Å². The quantitative estimate of drug-likeness (QED) is 0.307. The Balaban J connectivity index is 1.47. The third-order valence-corrected chi connectivity index (χ3v) is 5.72. The maximum atomic E-state index is 4.73. The Kier molecular flexibility index (Phi) is 5.28. The highest BCUT2D eigenvalue weighted by molar-refractivity contribution is 9.10. The smallest absolute Gasteiger partial charge is 0.124 e. The Morgan fingerprint density at radius 1 is 0.963 bits per heavy atom. The van der Waals surface area contributed by atoms with Crippen molar-refractivity contribution in [2.24, 2.45) is 4.99 Å². The van der Waals surface area contributed by atoms with Gasteiger partial charge in [0, 0.05) is 16.3 Å². The van der Waals surface area contributed by atoms with Gasteiger partial charge < -0.3 is 0 Å². The number of hydrogen-bond donors (Lipinski definition) is 0. The number of thiazole rings is 1. The van der Waals surface area contributed by atoms with E-state index < -0.39 is 0 Å². The Morgan fingerprint density at radius 2 is 1.74 bits per heavy atom. The summed E-state index contributed by atoms with van der Waals surface area (Å²) in [7, 11) is 0. The molecule has 4 rings (SSSR count). The molecular weight excluding hydrogens is 416 g/mol. The maximum absolute atomic E-state index is 4.73. The molecule has 3 aromatic carbocycles. The van der Waals surface area contributed by atoms with Crippen LogP contribution in [0.15, 0.2) is 82.3 Å². The number of aryl methyl sites for hydroxylation is 1. The zero-order valence-electron chi connectivity index (χ0n) is 14.8. The fourth-order valence-corrected chi connectivity index (χ4v) is 4.04. The average molecular weight is 433 g/mol. The number of allylic oxidation sites excluding steroid dienone is 1. The minimum absolute atomic E-state index is 0.927. The van der Waals surface area contributed by atoms with Gasteiger partial charge in [-0.1, -0.05) is 40.2 Å². The molecule has 0 N–H and O–H groups in total. The summed E-state index contributed by atoms with van der Waals surface area (Å²) in [6.45, 7) is 2.11. The summed E-state index contributed by atoms with van der Waals surface area (Å²) in [5.74, 6) is 0. The molecule has 132 valence electrons. The third kappa shape index (κ3) is 4.41. The standard InChI is InChI=1S/C23H17BrN2S/c1-16-4-13-21-22(15-16)27-23(26-21)18-7-11-20(12-8-18)25-14-2-3-17-5-9-19(24)10-6-17/h2-15H,1H3/b3-2+,25-14?. The first kappa shape index (κ1) is 17.8. The van der Waals surface area contributed by atoms with E-state index in [4.69, 9.17) is 4.98 Å². The van der Waals surface area contributed by atoms with E-state index in [2.05, 4.69) is 70.3 Å². The lowest BCUT2D eigenvalue weighted by molar-refractivity contribution is 1.45. The molecule has 0 aliphatic carbocycles. The first-order valence-corrected chi connectivity index (χ1v) is 10.2. The molecule has 0 radical (unpaired) electrons. The fraction of sp³-hybridized carbons (Fsp3) is 0.0435. The maximum Gasteiger partial charge on any atom is 0.124 e. The van der Waals surface area contributed by atoms with Gasteiger partial charge in [-0.05, 0) is 72.7 Å². The molecule has 0 spiro atoms. The van der Waals surface area contributed by atoms with Crippen LogP contribution in [-0.4, -0.2) is 11.2 Å². The first-order chi connectivity index (χ1) is 13.2. The van der Waals surface area contributed by atoms with Crippen LogP contribution in [0.2, 0.25) is 0 Å². The number of halogens is 1. The van der Waals surface area contributed by atoms with Crippen molar-refractivity contribution < 1.29 is 0 Å². The first-order valence-electron chi connectivity index (χ1n) is 8.61. The van der Waals surface area contributed by atoms with Crippen LogP contribution >= 0.6 is 27.3 Å². The van der Waals surface area contributed by atoms with Crippen LogP contribution in [0.3, 0.4) is 0 Å². The molecule has 0 saturated carbocycles. The Labute approximate surface area is 171 Å². The summed E-state index contributed by atoms with van der Waals surface area (Å²) in [6.07, 6.45) is 5.80. The Hall–Kier alpha value is -2.56. The van der Waals surface area contributed by atoms with Crippen molar-refractivity contribution in [3.05, 3.63) is 88.4 Å². The van der Waals surface area contributed by atoms with Crippen LogP contribution in [0, 0.1) is 6.92 Å². The van der Waals surface area contributed by atoms with E-state index in [0.717, 1.165) is 31.8 Å². The summed E-state index contributed by atoms with van der Waals surface area (Å²) >= 11 is 5.17. The molecule has 27 heavy (non-hydrogen) atoms. The number of aliphatic imine (C=N–C) groups is 1. The summed E-state index contributed by atoms with van der Waals surface area (Å²) in [4.78, 5) is 9.22. The zero-order chi connectivity index (χ0) is 18.6. The summed E-state index contributed by atoms with van der Waals surface area (Å²) < 4.78 is 2.31. The van der Waals surface area contributed by atoms with Gasteiger partial charge in [0.25, 0.3) is 0 Å². The minimum Gasteiger partial charge on any atom is -0.257 e. The van der Waals surface area contributed by atoms with Gasteiger partial charge in [0.2, 0.25) is 0 Å². The number of benzene rings is 3. The molecule has 4 heteroatoms. The summed E-state index contributed by atoms with van der Waals surface area (Å²) in [6, 6.07) is 22.8. The van der Waals surface area contributed by atoms with Crippen molar-refractivity contribution in [1.29, 1.82) is 0 Å². The average Bonchev–Trinajstić information content (AvgIpc) is 3.10. The molecule has 0 bridgehead atoms. The predicted octanol–water partition coefficient (Wildman–Crippen LogP) is 7.45. The predicted molar refractivity (Wildman–Crippen MR) is 121 cm³/mol. The molecule has 2 nitrogen and oxygen atoms in total. The van der Waals surface area contributed by atoms with E-state index in [9.17, 15) is 0 Å². The van der Waals surface area contributed by atoms with Crippen molar-refractivity contribution in [3.8, 4) is 10.6 Å². The van der Waals surface area contributed by atoms with E-state index in [-0.39, 0.29) is 0 Å². The van der Waals surface area contributed by atoms with Crippen LogP contribution in [0.25, 0.3) is 26.9 Å². The lowest BCUT2D eigenvalue weighted by Gasteiger charge is -1.97. The Bertz CT molecular complexity index is 1120. The fourth-order valence-electron chi connectivity index (χ4n) is 2.70. The second-order valence-corrected chi connectivity index (χ2v) is 8.17. The van der Waals surface area contributed by atoms with E-state index in [1.807, 2.05) is 42.6 Å². The van der Waals surface area contributed by atoms with Gasteiger partial charge in [-0.3, -0.25) is 4.99 Å². The number of fused-ring (bicyclic) bond motifs is 1. The monoisotopic (exact) mass is 432 g/mol. The van der Waals surface area contributed by atoms with Crippen LogP contribution < -0.4 is 0 Å². The number of nitrogens with zero attached hydrogens (tertiary/aromatic N) is 2. The Morgan fingerprint density at radius 3 is 2.52 bits per heavy atom. The van der Waals surface area contributed by atoms with Gasteiger partial charge in [0.05, 0.1) is 15.9 Å². The third-order valence-electron chi connectivity index (χ3n) is 4.13. The minimum atomic E-state index is 0.927. The molecule has 0 aliphatic heterocycles. The number of rotatable bonds is 4. The van der Waals surface area contributed by atoms with Crippen LogP contribution in [0.4, 0.5) is 5.69 Å². The molecule has 0 saturated heterocycles. The molecule has 1 heterocycles. The highest BCUT2D eigenvalue weighted by atomic mass is 79.9. The SMILES string of the molecule is Cc1ccc2nc(-c3ccc(N=C/C=C/c4ccc(Br)cc4)cc3)sc2c1. The molecule has 0 atom stereocenters. The van der Waals surface area contributed by atoms with Gasteiger partial charge in [0.15, 0.2) is 0 Å². The number of hydrogen-bond acceptors (Lipinski definition) is 3. The van der Waals surface area contributed by atoms with Crippen molar-refractivity contribution in [1.82, 2.24) is 4.98 Å². The van der Waals surface area contributed by atoms with E-state index >= 15 is 0 Å². The van der Waals surface area contributed by atoms with Gasteiger partial charge in [-0.15, -0.1) is 11.3 Å². The molecule has 0 unspecified atom stereocenters. The van der Waals surface area contributed by atoms with E-state index in [1.165, 1.54) is 10.3 Å². The summed E-state index contributed by atoms with van der Waals surface area (Å²) in [5, 5.41) is 1.04. The second-order valence-electron chi connectivity index (χ2n) is 6.23. The largest absolute Gasteiger partial charge is 0.257 e. The normalized spacial score (nSPS) is 11.8.